The van der Waals surface area contributed by atoms with Crippen molar-refractivity contribution in [2.75, 3.05) is 0 Å². The minimum Gasteiger partial charge on any atom is -0.124 e. The summed E-state index contributed by atoms with van der Waals surface area (Å²) in [5.74, 6) is 0. The number of rotatable bonds is 13. The van der Waals surface area contributed by atoms with Crippen LogP contribution in [0.25, 0.3) is 35.5 Å². The molecule has 0 atom stereocenters. The molecule has 3 aromatic rings. The predicted molar refractivity (Wildman–Crippen MR) is 289 cm³/mol. The molecule has 0 unspecified atom stereocenters. The zero-order valence-corrected chi connectivity index (χ0v) is 37.0. The molecule has 63 heavy (non-hydrogen) atoms. The molecule has 0 saturated carbocycles. The molecular formula is C63H70. The van der Waals surface area contributed by atoms with E-state index in [2.05, 4.69) is 225 Å². The van der Waals surface area contributed by atoms with Crippen LogP contribution < -0.4 is 10.4 Å². The minimum absolute atomic E-state index is 0. The van der Waals surface area contributed by atoms with Gasteiger partial charge in [-0.2, -0.15) is 0 Å². The van der Waals surface area contributed by atoms with Crippen molar-refractivity contribution in [1.82, 2.24) is 0 Å². The highest BCUT2D eigenvalue weighted by molar-refractivity contribution is 5.89. The third-order valence-corrected chi connectivity index (χ3v) is 10.0. The molecule has 0 aliphatic heterocycles. The van der Waals surface area contributed by atoms with Crippen molar-refractivity contribution in [2.24, 2.45) is 0 Å². The van der Waals surface area contributed by atoms with Gasteiger partial charge in [0.05, 0.1) is 0 Å². The van der Waals surface area contributed by atoms with Crippen LogP contribution in [-0.2, 0) is 0 Å². The van der Waals surface area contributed by atoms with Crippen molar-refractivity contribution in [3.8, 4) is 12.8 Å². The third-order valence-electron chi connectivity index (χ3n) is 10.0. The summed E-state index contributed by atoms with van der Waals surface area (Å²) in [4.78, 5) is 0. The van der Waals surface area contributed by atoms with Crippen LogP contribution >= 0.6 is 0 Å². The first-order valence-corrected chi connectivity index (χ1v) is 20.7. The number of terminal acetylenes is 1. The first-order chi connectivity index (χ1) is 29.7. The Morgan fingerprint density at radius 2 is 1.19 bits per heavy atom. The zero-order chi connectivity index (χ0) is 44.6. The topological polar surface area (TPSA) is 0 Å². The minimum atomic E-state index is 0. The van der Waals surface area contributed by atoms with Gasteiger partial charge >= 0.3 is 0 Å². The van der Waals surface area contributed by atoms with E-state index in [-0.39, 0.29) is 14.9 Å². The standard InChI is InChI=1S/C56H54.C3H6.C2H2.2CH4/c1-9-13-17-25-42(6)53(41(5)12-4)39-45-26-22-32-49(37-35-45)55-43(7)51(24-11-3)56(52(44(55)8)34-14-10-2)50-33-23-27-46(36-38-50)40-54(47-28-18-15-19-29-47)48-30-20-16-21-31-48;1-3-2;1-2;;/h9-21,24-40H,1,4-5,8,22-23H2,2-3,6-7H3;3H,1H2,2H3;1-2H;2*1H4/b14-10-,17-13-,24-11-,42-25+,52-34+,53-39+;;;;. The lowest BCUT2D eigenvalue weighted by Gasteiger charge is -2.19. The van der Waals surface area contributed by atoms with Crippen molar-refractivity contribution in [1.29, 1.82) is 0 Å². The lowest BCUT2D eigenvalue weighted by Crippen LogP contribution is -2.33. The Labute approximate surface area is 383 Å². The Balaban J connectivity index is 0.00000272. The average molecular weight is 827 g/mol. The Morgan fingerprint density at radius 3 is 1.68 bits per heavy atom. The molecule has 0 N–H and O–H groups in total. The summed E-state index contributed by atoms with van der Waals surface area (Å²) in [5, 5.41) is 2.15. The molecule has 0 saturated heterocycles. The van der Waals surface area contributed by atoms with Crippen molar-refractivity contribution in [3.05, 3.63) is 274 Å². The fourth-order valence-electron chi connectivity index (χ4n) is 7.15. The van der Waals surface area contributed by atoms with E-state index in [1.54, 1.807) is 12.2 Å². The maximum absolute atomic E-state index is 4.79. The normalized spacial score (nSPS) is 13.9. The van der Waals surface area contributed by atoms with Crippen molar-refractivity contribution < 1.29 is 0 Å². The van der Waals surface area contributed by atoms with Crippen LogP contribution in [0.1, 0.15) is 88.8 Å². The first kappa shape index (κ1) is 53.8. The molecule has 322 valence electrons. The molecule has 0 spiro atoms. The van der Waals surface area contributed by atoms with E-state index in [4.69, 9.17) is 6.58 Å². The second-order valence-electron chi connectivity index (χ2n) is 14.2. The summed E-state index contributed by atoms with van der Waals surface area (Å²) in [6.07, 6.45) is 54.5. The van der Waals surface area contributed by atoms with Gasteiger partial charge < -0.3 is 0 Å². The lowest BCUT2D eigenvalue weighted by molar-refractivity contribution is 1.30. The molecule has 5 rings (SSSR count). The molecule has 2 aliphatic carbocycles. The number of hydrogen-bond acceptors (Lipinski definition) is 0. The van der Waals surface area contributed by atoms with E-state index in [0.717, 1.165) is 45.6 Å². The fourth-order valence-corrected chi connectivity index (χ4v) is 7.15. The molecule has 0 nitrogen and oxygen atoms in total. The summed E-state index contributed by atoms with van der Waals surface area (Å²) in [6, 6.07) is 21.3. The zero-order valence-electron chi connectivity index (χ0n) is 37.0. The van der Waals surface area contributed by atoms with Gasteiger partial charge in [0, 0.05) is 0 Å². The first-order valence-electron chi connectivity index (χ1n) is 20.7. The lowest BCUT2D eigenvalue weighted by atomic mass is 9.85. The molecule has 0 aromatic heterocycles. The number of allylic oxidation sites excluding steroid dienone is 26. The van der Waals surface area contributed by atoms with E-state index >= 15 is 0 Å². The Kier molecular flexibility index (Phi) is 24.9. The van der Waals surface area contributed by atoms with E-state index in [9.17, 15) is 0 Å². The summed E-state index contributed by atoms with van der Waals surface area (Å²) in [6.45, 7) is 30.6. The quantitative estimate of drug-likeness (QED) is 0.0915. The molecule has 0 bridgehead atoms. The van der Waals surface area contributed by atoms with Crippen molar-refractivity contribution >= 4 is 35.5 Å². The molecule has 2 aliphatic rings. The van der Waals surface area contributed by atoms with Crippen LogP contribution in [0.4, 0.5) is 0 Å². The molecule has 0 amide bonds. The molecule has 0 radical (unpaired) electrons. The maximum Gasteiger partial charge on any atom is -0.00332 e. The fraction of sp³-hybridized carbons (Fsp3) is 0.143. The van der Waals surface area contributed by atoms with Gasteiger partial charge in [0.25, 0.3) is 0 Å². The van der Waals surface area contributed by atoms with Gasteiger partial charge in [0.15, 0.2) is 0 Å². The SMILES string of the molecule is C.C.C#C.C=CC.C=C\C=C/C=C(C)/C(=C/C1=CCC=C(c2c(C)c(/C=C\C)c(C3=CCC=C(C=C(c4ccccc4)c4ccccc4)C=C3)/c(=C/C=C\C)c2=C)C=C1)C(=C)C=C. The Bertz CT molecular complexity index is 2520. The largest absolute Gasteiger partial charge is 0.124 e. The third kappa shape index (κ3) is 15.0. The van der Waals surface area contributed by atoms with Gasteiger partial charge in [0.1, 0.15) is 0 Å². The summed E-state index contributed by atoms with van der Waals surface area (Å²) < 4.78 is 0. The molecular weight excluding hydrogens is 757 g/mol. The van der Waals surface area contributed by atoms with Crippen LogP contribution in [0.15, 0.2) is 230 Å². The maximum atomic E-state index is 4.79. The van der Waals surface area contributed by atoms with Gasteiger partial charge in [-0.25, -0.2) is 0 Å². The molecule has 3 aromatic carbocycles. The van der Waals surface area contributed by atoms with Crippen molar-refractivity contribution in [2.45, 2.75) is 62.3 Å². The van der Waals surface area contributed by atoms with E-state index < -0.39 is 0 Å². The Morgan fingerprint density at radius 1 is 0.667 bits per heavy atom. The van der Waals surface area contributed by atoms with Crippen LogP contribution in [0.5, 0.6) is 0 Å². The van der Waals surface area contributed by atoms with Crippen LogP contribution in [-0.4, -0.2) is 0 Å². The smallest absolute Gasteiger partial charge is 0.00332 e. The van der Waals surface area contributed by atoms with Crippen molar-refractivity contribution in [3.63, 3.8) is 0 Å². The Hall–Kier alpha value is -7.20. The predicted octanol–water partition coefficient (Wildman–Crippen LogP) is 16.5. The van der Waals surface area contributed by atoms with Gasteiger partial charge in [-0.1, -0.05) is 217 Å². The second kappa shape index (κ2) is 29.1. The highest BCUT2D eigenvalue weighted by Crippen LogP contribution is 2.32. The highest BCUT2D eigenvalue weighted by atomic mass is 14.2. The van der Waals surface area contributed by atoms with Crippen LogP contribution in [0.3, 0.4) is 0 Å². The van der Waals surface area contributed by atoms with Crippen LogP contribution in [0, 0.1) is 19.8 Å². The molecule has 0 fully saturated rings. The van der Waals surface area contributed by atoms with E-state index in [1.807, 2.05) is 25.2 Å². The molecule has 0 heterocycles. The van der Waals surface area contributed by atoms with Gasteiger partial charge in [-0.05, 0) is 148 Å². The number of benzene rings is 3. The average Bonchev–Trinajstić information content (AvgIpc) is 3.67. The van der Waals surface area contributed by atoms with Gasteiger partial charge in [-0.3, -0.25) is 0 Å². The van der Waals surface area contributed by atoms with Gasteiger partial charge in [0.2, 0.25) is 0 Å². The van der Waals surface area contributed by atoms with Crippen LogP contribution in [0.2, 0.25) is 0 Å². The monoisotopic (exact) mass is 827 g/mol. The molecule has 0 heteroatoms. The summed E-state index contributed by atoms with van der Waals surface area (Å²) >= 11 is 0. The van der Waals surface area contributed by atoms with Gasteiger partial charge in [-0.15, -0.1) is 19.4 Å². The highest BCUT2D eigenvalue weighted by Gasteiger charge is 2.18. The van der Waals surface area contributed by atoms with E-state index in [0.29, 0.717) is 0 Å². The van der Waals surface area contributed by atoms with E-state index in [1.165, 1.54) is 55.7 Å². The second-order valence-corrected chi connectivity index (χ2v) is 14.2. The summed E-state index contributed by atoms with van der Waals surface area (Å²) in [7, 11) is 0. The number of hydrogen-bond donors (Lipinski definition) is 0. The summed E-state index contributed by atoms with van der Waals surface area (Å²) in [5.41, 5.74) is 16.1.